The molecule has 0 fully saturated rings. The molecule has 0 radical (unpaired) electrons. The van der Waals surface area contributed by atoms with E-state index >= 15 is 0 Å². The molecule has 1 aromatic rings. The van der Waals surface area contributed by atoms with E-state index in [-0.39, 0.29) is 37.2 Å². The number of hydrogen-bond donors (Lipinski definition) is 0. The van der Waals surface area contributed by atoms with Crippen LogP contribution in [0.3, 0.4) is 0 Å². The van der Waals surface area contributed by atoms with Gasteiger partial charge in [0.25, 0.3) is 0 Å². The number of unbranched alkanes of at least 4 members (excludes halogenated alkanes) is 1. The minimum absolute atomic E-state index is 0. The van der Waals surface area contributed by atoms with Crippen molar-refractivity contribution in [2.45, 2.75) is 80.3 Å². The summed E-state index contributed by atoms with van der Waals surface area (Å²) in [5.74, 6) is 0. The van der Waals surface area contributed by atoms with E-state index in [0.717, 1.165) is 6.42 Å². The van der Waals surface area contributed by atoms with E-state index in [2.05, 4.69) is 81.5 Å². The zero-order valence-electron chi connectivity index (χ0n) is 18.0. The first kappa shape index (κ1) is 29.7. The molecule has 2 rings (SSSR count). The van der Waals surface area contributed by atoms with Crippen molar-refractivity contribution >= 4 is 13.3 Å². The van der Waals surface area contributed by atoms with E-state index in [1.165, 1.54) is 35.6 Å². The van der Waals surface area contributed by atoms with Gasteiger partial charge in [-0.05, 0) is 0 Å². The van der Waals surface area contributed by atoms with Crippen molar-refractivity contribution in [2.24, 2.45) is 0 Å². The third kappa shape index (κ3) is 5.36. The van der Waals surface area contributed by atoms with Crippen LogP contribution in [0.1, 0.15) is 60.9 Å². The summed E-state index contributed by atoms with van der Waals surface area (Å²) in [7, 11) is -1.69. The molecule has 1 aliphatic rings. The Morgan fingerprint density at radius 2 is 1.30 bits per heavy atom. The van der Waals surface area contributed by atoms with Crippen molar-refractivity contribution in [3.63, 3.8) is 0 Å². The molecule has 0 bridgehead atoms. The summed E-state index contributed by atoms with van der Waals surface area (Å²) in [6.07, 6.45) is 6.37. The summed E-state index contributed by atoms with van der Waals surface area (Å²) >= 11 is 2.32. The zero-order valence-corrected chi connectivity index (χ0v) is 22.9. The summed E-state index contributed by atoms with van der Waals surface area (Å²) in [6, 6.07) is 1.38. The van der Waals surface area contributed by atoms with Crippen molar-refractivity contribution in [2.75, 3.05) is 0 Å². The molecule has 0 heterocycles. The van der Waals surface area contributed by atoms with E-state index < -0.39 is 8.07 Å². The minimum Gasteiger partial charge on any atom is -1.00 e. The van der Waals surface area contributed by atoms with Crippen LogP contribution < -0.4 is 42.4 Å². The van der Waals surface area contributed by atoms with Crippen molar-refractivity contribution in [3.05, 3.63) is 48.5 Å². The van der Waals surface area contributed by atoms with Crippen LogP contribution in [0, 0.1) is 34.6 Å². The molecule has 0 N–H and O–H groups in total. The van der Waals surface area contributed by atoms with Crippen LogP contribution >= 0.6 is 0 Å². The largest absolute Gasteiger partial charge is 1.00 e. The van der Waals surface area contributed by atoms with Crippen molar-refractivity contribution < 1.29 is 57.7 Å². The Bertz CT molecular complexity index is 709. The van der Waals surface area contributed by atoms with Gasteiger partial charge in [0.15, 0.2) is 0 Å². The van der Waals surface area contributed by atoms with Gasteiger partial charge in [-0.2, -0.15) is 0 Å². The van der Waals surface area contributed by atoms with Crippen molar-refractivity contribution in [3.8, 4) is 0 Å². The van der Waals surface area contributed by atoms with Gasteiger partial charge in [0.1, 0.15) is 0 Å². The second kappa shape index (κ2) is 11.6. The van der Waals surface area contributed by atoms with Crippen LogP contribution in [0.25, 0.3) is 0 Å². The quantitative estimate of drug-likeness (QED) is 0.396. The van der Waals surface area contributed by atoms with Crippen LogP contribution in [0.5, 0.6) is 0 Å². The van der Waals surface area contributed by atoms with Gasteiger partial charge in [-0.15, -0.1) is 0 Å². The molecule has 0 amide bonds. The van der Waals surface area contributed by atoms with E-state index in [9.17, 15) is 0 Å². The number of allylic oxidation sites excluding steroid dienone is 4. The number of benzene rings is 1. The van der Waals surface area contributed by atoms with Gasteiger partial charge in [0.05, 0.1) is 0 Å². The topological polar surface area (TPSA) is 0 Å². The predicted molar refractivity (Wildman–Crippen MR) is 106 cm³/mol. The van der Waals surface area contributed by atoms with Gasteiger partial charge in [-0.1, -0.05) is 0 Å². The van der Waals surface area contributed by atoms with E-state index in [1.54, 1.807) is 31.0 Å². The molecule has 0 nitrogen and oxygen atoms in total. The fourth-order valence-electron chi connectivity index (χ4n) is 4.56. The monoisotopic (exact) mass is 478 g/mol. The number of rotatable bonds is 5. The van der Waals surface area contributed by atoms with Crippen LogP contribution in [0.4, 0.5) is 0 Å². The maximum atomic E-state index is 2.64. The van der Waals surface area contributed by atoms with Gasteiger partial charge in [0, 0.05) is 0 Å². The molecule has 5 heteroatoms. The SMILES string of the molecule is CCCC[Si](C)(C1=CC[C]([Ti+3])=C1C)c1c(C)c(C)c(C)c(C)c1C.[Cl-].[Cl-].[Cl-]. The predicted octanol–water partition coefficient (Wildman–Crippen LogP) is -2.98. The normalized spacial score (nSPS) is 15.4. The summed E-state index contributed by atoms with van der Waals surface area (Å²) < 4.78 is 1.58. The molecule has 0 aromatic heterocycles. The molecule has 1 atom stereocenters. The third-order valence-corrected chi connectivity index (χ3v) is 12.4. The standard InChI is InChI=1S/C22H33Si.3ClH.Ti/c1-9-10-14-23(8,21-13-11-12-15(21)2)22-19(6)17(4)16(3)18(5)20(22)7;;;;/h13H,9-11,14H2,1-8H3;3*1H;/q;;;;+3/p-3. The van der Waals surface area contributed by atoms with Gasteiger partial charge in [-0.3, -0.25) is 0 Å². The van der Waals surface area contributed by atoms with Crippen molar-refractivity contribution in [1.29, 1.82) is 0 Å². The number of hydrogen-bond acceptors (Lipinski definition) is 0. The summed E-state index contributed by atoms with van der Waals surface area (Å²) in [4.78, 5) is 0. The Kier molecular flexibility index (Phi) is 12.8. The van der Waals surface area contributed by atoms with Gasteiger partial charge in [-0.25, -0.2) is 0 Å². The second-order valence-corrected chi connectivity index (χ2v) is 13.0. The van der Waals surface area contributed by atoms with Gasteiger partial charge in [0.2, 0.25) is 0 Å². The van der Waals surface area contributed by atoms with E-state index in [4.69, 9.17) is 0 Å². The maximum absolute atomic E-state index is 2.64. The van der Waals surface area contributed by atoms with Crippen LogP contribution in [-0.2, 0) is 20.4 Å². The van der Waals surface area contributed by atoms with Crippen LogP contribution in [-0.4, -0.2) is 8.07 Å². The molecule has 1 aliphatic carbocycles. The minimum atomic E-state index is -1.69. The van der Waals surface area contributed by atoms with E-state index in [0.29, 0.717) is 0 Å². The summed E-state index contributed by atoms with van der Waals surface area (Å²) in [5.41, 5.74) is 9.25. The molecular weight excluding hydrogens is 447 g/mol. The third-order valence-electron chi connectivity index (χ3n) is 6.54. The summed E-state index contributed by atoms with van der Waals surface area (Å²) in [6.45, 7) is 19.0. The fraction of sp³-hybridized carbons (Fsp3) is 0.545. The molecule has 0 saturated heterocycles. The fourth-order valence-corrected chi connectivity index (χ4v) is 10.5. The zero-order chi connectivity index (χ0) is 18.2. The van der Waals surface area contributed by atoms with E-state index in [1.807, 2.05) is 0 Å². The molecule has 1 aromatic carbocycles. The van der Waals surface area contributed by atoms with Gasteiger partial charge >= 0.3 is 163 Å². The first-order chi connectivity index (χ1) is 11.2. The molecule has 150 valence electrons. The molecule has 0 aliphatic heterocycles. The van der Waals surface area contributed by atoms with Crippen LogP contribution in [0.15, 0.2) is 20.7 Å². The Morgan fingerprint density at radius 3 is 1.67 bits per heavy atom. The second-order valence-electron chi connectivity index (χ2n) is 7.86. The molecular formula is C22H33Cl3SiTi. The molecule has 0 spiro atoms. The Hall–Kier alpha value is 0.501. The Morgan fingerprint density at radius 1 is 0.852 bits per heavy atom. The first-order valence-corrected chi connectivity index (χ1v) is 12.8. The Labute approximate surface area is 198 Å². The molecule has 1 unspecified atom stereocenters. The van der Waals surface area contributed by atoms with Crippen molar-refractivity contribution in [1.82, 2.24) is 0 Å². The average Bonchev–Trinajstić information content (AvgIpc) is 2.89. The smallest absolute Gasteiger partial charge is 1.00 e. The summed E-state index contributed by atoms with van der Waals surface area (Å²) in [5, 5.41) is 3.46. The average molecular weight is 480 g/mol. The molecule has 27 heavy (non-hydrogen) atoms. The molecule has 0 saturated carbocycles. The maximum Gasteiger partial charge on any atom is -1.00 e. The Balaban J connectivity index is 0. The number of halogens is 3. The van der Waals surface area contributed by atoms with Gasteiger partial charge < -0.3 is 37.2 Å². The van der Waals surface area contributed by atoms with Crippen LogP contribution in [0.2, 0.25) is 12.6 Å². The first-order valence-electron chi connectivity index (χ1n) is 9.36.